The molecule has 0 spiro atoms. The van der Waals surface area contributed by atoms with Crippen LogP contribution in [0.15, 0.2) is 48.5 Å². The van der Waals surface area contributed by atoms with Crippen LogP contribution in [0.2, 0.25) is 5.02 Å². The van der Waals surface area contributed by atoms with E-state index in [1.807, 2.05) is 6.92 Å². The topological polar surface area (TPSA) is 84.5 Å². The maximum Gasteiger partial charge on any atom is 0.340 e. The molecule has 0 unspecified atom stereocenters. The molecule has 2 aromatic rings. The number of anilines is 2. The minimum atomic E-state index is -0.904. The maximum absolute atomic E-state index is 12.1. The van der Waals surface area contributed by atoms with Crippen molar-refractivity contribution in [2.75, 3.05) is 17.2 Å². The van der Waals surface area contributed by atoms with Crippen molar-refractivity contribution in [3.05, 3.63) is 59.1 Å². The first kappa shape index (κ1) is 19.5. The Balaban J connectivity index is 2.04. The van der Waals surface area contributed by atoms with Crippen LogP contribution in [0.1, 0.15) is 30.1 Å². The van der Waals surface area contributed by atoms with Gasteiger partial charge < -0.3 is 15.4 Å². The SMILES string of the molecule is CCCCOC(=O)c1ccccc1NC(=O)C(=O)Nc1cccc(Cl)c1. The third-order valence-corrected chi connectivity index (χ3v) is 3.65. The van der Waals surface area contributed by atoms with Gasteiger partial charge in [-0.25, -0.2) is 4.79 Å². The molecule has 26 heavy (non-hydrogen) atoms. The van der Waals surface area contributed by atoms with E-state index in [0.717, 1.165) is 12.8 Å². The minimum absolute atomic E-state index is 0.188. The number of ether oxygens (including phenoxy) is 1. The number of halogens is 1. The van der Waals surface area contributed by atoms with Gasteiger partial charge in [0.25, 0.3) is 0 Å². The molecule has 0 aromatic heterocycles. The fourth-order valence-corrected chi connectivity index (χ4v) is 2.28. The van der Waals surface area contributed by atoms with Gasteiger partial charge in [-0.2, -0.15) is 0 Å². The molecular formula is C19H19ClN2O4. The van der Waals surface area contributed by atoms with Gasteiger partial charge in [-0.05, 0) is 36.8 Å². The molecule has 0 saturated carbocycles. The Hall–Kier alpha value is -2.86. The summed E-state index contributed by atoms with van der Waals surface area (Å²) in [6.45, 7) is 2.29. The summed E-state index contributed by atoms with van der Waals surface area (Å²) in [6.07, 6.45) is 1.65. The van der Waals surface area contributed by atoms with Gasteiger partial charge in [0.2, 0.25) is 0 Å². The third kappa shape index (κ3) is 5.60. The molecule has 0 atom stereocenters. The molecule has 0 fully saturated rings. The van der Waals surface area contributed by atoms with Crippen LogP contribution in [0.3, 0.4) is 0 Å². The highest BCUT2D eigenvalue weighted by molar-refractivity contribution is 6.44. The number of carbonyl (C=O) groups excluding carboxylic acids is 3. The summed E-state index contributed by atoms with van der Waals surface area (Å²) in [5.74, 6) is -2.33. The van der Waals surface area contributed by atoms with E-state index < -0.39 is 17.8 Å². The van der Waals surface area contributed by atoms with Gasteiger partial charge in [0.15, 0.2) is 0 Å². The number of hydrogen-bond donors (Lipinski definition) is 2. The van der Waals surface area contributed by atoms with E-state index in [0.29, 0.717) is 17.3 Å². The van der Waals surface area contributed by atoms with Crippen LogP contribution in [0.4, 0.5) is 11.4 Å². The summed E-state index contributed by atoms with van der Waals surface area (Å²) >= 11 is 5.84. The number of carbonyl (C=O) groups is 3. The van der Waals surface area contributed by atoms with Gasteiger partial charge in [-0.1, -0.05) is 43.1 Å². The lowest BCUT2D eigenvalue weighted by Crippen LogP contribution is -2.29. The molecule has 0 aliphatic carbocycles. The number of benzene rings is 2. The van der Waals surface area contributed by atoms with Gasteiger partial charge >= 0.3 is 17.8 Å². The molecule has 2 amide bonds. The Morgan fingerprint density at radius 2 is 1.73 bits per heavy atom. The zero-order valence-electron chi connectivity index (χ0n) is 14.3. The number of nitrogens with one attached hydrogen (secondary N) is 2. The third-order valence-electron chi connectivity index (χ3n) is 3.41. The van der Waals surface area contributed by atoms with Crippen molar-refractivity contribution in [2.24, 2.45) is 0 Å². The van der Waals surface area contributed by atoms with E-state index in [9.17, 15) is 14.4 Å². The number of amides is 2. The summed E-state index contributed by atoms with van der Waals surface area (Å²) in [5.41, 5.74) is 0.790. The molecule has 2 aromatic carbocycles. The molecule has 0 bridgehead atoms. The van der Waals surface area contributed by atoms with Crippen LogP contribution < -0.4 is 10.6 Å². The lowest BCUT2D eigenvalue weighted by atomic mass is 10.1. The second-order valence-corrected chi connectivity index (χ2v) is 5.89. The Bertz CT molecular complexity index is 808. The van der Waals surface area contributed by atoms with Crippen molar-refractivity contribution < 1.29 is 19.1 Å². The van der Waals surface area contributed by atoms with Crippen LogP contribution in [-0.2, 0) is 14.3 Å². The van der Waals surface area contributed by atoms with Crippen molar-refractivity contribution in [1.29, 1.82) is 0 Å². The number of unbranched alkanes of at least 4 members (excludes halogenated alkanes) is 1. The normalized spacial score (nSPS) is 10.1. The fraction of sp³-hybridized carbons (Fsp3) is 0.211. The smallest absolute Gasteiger partial charge is 0.340 e. The van der Waals surface area contributed by atoms with E-state index in [2.05, 4.69) is 10.6 Å². The maximum atomic E-state index is 12.1. The van der Waals surface area contributed by atoms with Crippen molar-refractivity contribution >= 4 is 40.8 Å². The first-order chi connectivity index (χ1) is 12.5. The number of hydrogen-bond acceptors (Lipinski definition) is 4. The second-order valence-electron chi connectivity index (χ2n) is 5.45. The lowest BCUT2D eigenvalue weighted by Gasteiger charge is -2.11. The molecule has 2 N–H and O–H groups in total. The average Bonchev–Trinajstić information content (AvgIpc) is 2.62. The molecule has 0 saturated heterocycles. The summed E-state index contributed by atoms with van der Waals surface area (Å²) in [7, 11) is 0. The summed E-state index contributed by atoms with van der Waals surface area (Å²) in [5, 5.41) is 5.31. The minimum Gasteiger partial charge on any atom is -0.462 e. The van der Waals surface area contributed by atoms with Crippen molar-refractivity contribution in [3.8, 4) is 0 Å². The molecule has 0 heterocycles. The Morgan fingerprint density at radius 3 is 2.46 bits per heavy atom. The Kier molecular flexibility index (Phi) is 7.17. The summed E-state index contributed by atoms with van der Waals surface area (Å²) < 4.78 is 5.15. The second kappa shape index (κ2) is 9.58. The van der Waals surface area contributed by atoms with Crippen LogP contribution in [-0.4, -0.2) is 24.4 Å². The number of rotatable bonds is 6. The first-order valence-electron chi connectivity index (χ1n) is 8.15. The van der Waals surface area contributed by atoms with Gasteiger partial charge in [0.1, 0.15) is 0 Å². The predicted octanol–water partition coefficient (Wildman–Crippen LogP) is 3.87. The van der Waals surface area contributed by atoms with E-state index >= 15 is 0 Å². The van der Waals surface area contributed by atoms with Gasteiger partial charge in [-0.3, -0.25) is 9.59 Å². The van der Waals surface area contributed by atoms with Crippen LogP contribution in [0, 0.1) is 0 Å². The van der Waals surface area contributed by atoms with Crippen molar-refractivity contribution in [2.45, 2.75) is 19.8 Å². The highest BCUT2D eigenvalue weighted by Gasteiger charge is 2.18. The fourth-order valence-electron chi connectivity index (χ4n) is 2.09. The van der Waals surface area contributed by atoms with Gasteiger partial charge in [0.05, 0.1) is 17.9 Å². The quantitative estimate of drug-likeness (QED) is 0.456. The zero-order valence-corrected chi connectivity index (χ0v) is 15.0. The molecule has 0 aliphatic rings. The van der Waals surface area contributed by atoms with E-state index in [1.165, 1.54) is 18.2 Å². The van der Waals surface area contributed by atoms with Crippen LogP contribution in [0.5, 0.6) is 0 Å². The first-order valence-corrected chi connectivity index (χ1v) is 8.53. The highest BCUT2D eigenvalue weighted by atomic mass is 35.5. The zero-order chi connectivity index (χ0) is 18.9. The average molecular weight is 375 g/mol. The van der Waals surface area contributed by atoms with Crippen LogP contribution in [0.25, 0.3) is 0 Å². The summed E-state index contributed by atoms with van der Waals surface area (Å²) in [6, 6.07) is 12.8. The Morgan fingerprint density at radius 1 is 1.00 bits per heavy atom. The molecule has 0 aliphatic heterocycles. The molecular weight excluding hydrogens is 356 g/mol. The van der Waals surface area contributed by atoms with Crippen LogP contribution >= 0.6 is 11.6 Å². The molecule has 7 heteroatoms. The Labute approximate surface area is 156 Å². The number of para-hydroxylation sites is 1. The van der Waals surface area contributed by atoms with Gasteiger partial charge in [-0.15, -0.1) is 0 Å². The van der Waals surface area contributed by atoms with Crippen molar-refractivity contribution in [3.63, 3.8) is 0 Å². The molecule has 136 valence electrons. The lowest BCUT2D eigenvalue weighted by molar-refractivity contribution is -0.133. The van der Waals surface area contributed by atoms with Crippen molar-refractivity contribution in [1.82, 2.24) is 0 Å². The molecule has 6 nitrogen and oxygen atoms in total. The van der Waals surface area contributed by atoms with Gasteiger partial charge in [0, 0.05) is 10.7 Å². The highest BCUT2D eigenvalue weighted by Crippen LogP contribution is 2.18. The predicted molar refractivity (Wildman–Crippen MR) is 100 cm³/mol. The standard InChI is InChI=1S/C19H19ClN2O4/c1-2-3-11-26-19(25)15-9-4-5-10-16(15)22-18(24)17(23)21-14-8-6-7-13(20)12-14/h4-10,12H,2-3,11H2,1H3,(H,21,23)(H,22,24). The van der Waals surface area contributed by atoms with E-state index in [1.54, 1.807) is 30.3 Å². The van der Waals surface area contributed by atoms with E-state index in [4.69, 9.17) is 16.3 Å². The molecule has 2 rings (SSSR count). The molecule has 0 radical (unpaired) electrons. The van der Waals surface area contributed by atoms with E-state index in [-0.39, 0.29) is 11.3 Å². The summed E-state index contributed by atoms with van der Waals surface area (Å²) in [4.78, 5) is 36.3. The monoisotopic (exact) mass is 374 g/mol. The largest absolute Gasteiger partial charge is 0.462 e. The number of esters is 1.